The van der Waals surface area contributed by atoms with Crippen molar-refractivity contribution in [3.05, 3.63) is 40.1 Å². The molecule has 2 heterocycles. The van der Waals surface area contributed by atoms with Gasteiger partial charge in [-0.2, -0.15) is 0 Å². The van der Waals surface area contributed by atoms with Crippen LogP contribution in [-0.2, 0) is 17.0 Å². The SMILES string of the molecule is CCCC(N)c1nnc(SCc2ccc(Br)cc2)n1CC1CCCO1. The van der Waals surface area contributed by atoms with E-state index in [0.717, 1.165) is 60.0 Å². The van der Waals surface area contributed by atoms with Gasteiger partial charge in [0.2, 0.25) is 0 Å². The molecule has 0 bridgehead atoms. The van der Waals surface area contributed by atoms with Gasteiger partial charge in [0.15, 0.2) is 11.0 Å². The van der Waals surface area contributed by atoms with Crippen molar-refractivity contribution in [3.63, 3.8) is 0 Å². The Hall–Kier alpha value is -0.890. The lowest BCUT2D eigenvalue weighted by molar-refractivity contribution is 0.0938. The highest BCUT2D eigenvalue weighted by Gasteiger charge is 2.23. The minimum Gasteiger partial charge on any atom is -0.376 e. The summed E-state index contributed by atoms with van der Waals surface area (Å²) in [5.74, 6) is 1.75. The van der Waals surface area contributed by atoms with E-state index in [9.17, 15) is 0 Å². The molecule has 7 heteroatoms. The van der Waals surface area contributed by atoms with E-state index < -0.39 is 0 Å². The number of hydrogen-bond donors (Lipinski definition) is 1. The molecule has 0 spiro atoms. The van der Waals surface area contributed by atoms with Gasteiger partial charge in [-0.15, -0.1) is 10.2 Å². The van der Waals surface area contributed by atoms with Gasteiger partial charge in [-0.25, -0.2) is 0 Å². The predicted molar refractivity (Wildman–Crippen MR) is 105 cm³/mol. The molecule has 0 radical (unpaired) electrons. The summed E-state index contributed by atoms with van der Waals surface area (Å²) >= 11 is 5.18. The molecular formula is C18H25BrN4OS. The van der Waals surface area contributed by atoms with E-state index >= 15 is 0 Å². The van der Waals surface area contributed by atoms with E-state index in [2.05, 4.69) is 61.9 Å². The van der Waals surface area contributed by atoms with Gasteiger partial charge in [-0.3, -0.25) is 0 Å². The van der Waals surface area contributed by atoms with Crippen LogP contribution < -0.4 is 5.73 Å². The van der Waals surface area contributed by atoms with Gasteiger partial charge in [-0.05, 0) is 37.0 Å². The van der Waals surface area contributed by atoms with Crippen LogP contribution in [0.5, 0.6) is 0 Å². The Balaban J connectivity index is 1.75. The molecule has 136 valence electrons. The maximum atomic E-state index is 6.34. The van der Waals surface area contributed by atoms with E-state index in [1.165, 1.54) is 5.56 Å². The largest absolute Gasteiger partial charge is 0.376 e. The first-order chi connectivity index (χ1) is 12.2. The van der Waals surface area contributed by atoms with Gasteiger partial charge in [0.25, 0.3) is 0 Å². The molecule has 2 aromatic rings. The molecule has 0 saturated carbocycles. The standard InChI is InChI=1S/C18H25BrN4OS/c1-2-4-16(20)17-21-22-18(23(17)11-15-5-3-10-24-15)25-12-13-6-8-14(19)9-7-13/h6-9,15-16H,2-5,10-12,20H2,1H3. The number of rotatable bonds is 8. The highest BCUT2D eigenvalue weighted by Crippen LogP contribution is 2.27. The summed E-state index contributed by atoms with van der Waals surface area (Å²) in [4.78, 5) is 0. The van der Waals surface area contributed by atoms with Crippen molar-refractivity contribution in [2.45, 2.75) is 62.2 Å². The Kier molecular flexibility index (Phi) is 6.92. The van der Waals surface area contributed by atoms with Crippen molar-refractivity contribution in [2.75, 3.05) is 6.61 Å². The molecule has 1 aliphatic rings. The summed E-state index contributed by atoms with van der Waals surface area (Å²) in [6.07, 6.45) is 4.42. The number of halogens is 1. The Bertz CT molecular complexity index is 670. The number of benzene rings is 1. The predicted octanol–water partition coefficient (Wildman–Crippen LogP) is 4.31. The van der Waals surface area contributed by atoms with Crippen LogP contribution >= 0.6 is 27.7 Å². The second-order valence-corrected chi connectivity index (χ2v) is 8.25. The van der Waals surface area contributed by atoms with Crippen molar-refractivity contribution in [1.82, 2.24) is 14.8 Å². The second kappa shape index (κ2) is 9.16. The average molecular weight is 425 g/mol. The summed E-state index contributed by atoms with van der Waals surface area (Å²) in [5, 5.41) is 9.76. The molecule has 2 atom stereocenters. The Labute approximate surface area is 161 Å². The Morgan fingerprint density at radius 1 is 1.36 bits per heavy atom. The molecule has 1 aromatic carbocycles. The van der Waals surface area contributed by atoms with Gasteiger partial charge in [0.1, 0.15) is 0 Å². The zero-order valence-corrected chi connectivity index (χ0v) is 16.9. The molecule has 0 amide bonds. The molecule has 5 nitrogen and oxygen atoms in total. The third-order valence-electron chi connectivity index (χ3n) is 4.37. The smallest absolute Gasteiger partial charge is 0.191 e. The minimum absolute atomic E-state index is 0.0686. The molecule has 2 unspecified atom stereocenters. The fraction of sp³-hybridized carbons (Fsp3) is 0.556. The van der Waals surface area contributed by atoms with Crippen LogP contribution in [0.2, 0.25) is 0 Å². The van der Waals surface area contributed by atoms with Crippen molar-refractivity contribution in [1.29, 1.82) is 0 Å². The summed E-state index contributed by atoms with van der Waals surface area (Å²) in [6, 6.07) is 8.31. The van der Waals surface area contributed by atoms with Crippen LogP contribution in [0.3, 0.4) is 0 Å². The molecule has 1 aliphatic heterocycles. The highest BCUT2D eigenvalue weighted by atomic mass is 79.9. The summed E-state index contributed by atoms with van der Waals surface area (Å²) in [5.41, 5.74) is 7.60. The maximum Gasteiger partial charge on any atom is 0.191 e. The van der Waals surface area contributed by atoms with Crippen molar-refractivity contribution in [2.24, 2.45) is 5.73 Å². The van der Waals surface area contributed by atoms with Crippen molar-refractivity contribution in [3.8, 4) is 0 Å². The van der Waals surface area contributed by atoms with E-state index in [0.29, 0.717) is 0 Å². The first kappa shape index (κ1) is 18.9. The van der Waals surface area contributed by atoms with Crippen LogP contribution in [0, 0.1) is 0 Å². The van der Waals surface area contributed by atoms with Crippen molar-refractivity contribution >= 4 is 27.7 Å². The fourth-order valence-electron chi connectivity index (χ4n) is 3.01. The van der Waals surface area contributed by atoms with E-state index in [1.54, 1.807) is 11.8 Å². The molecule has 3 rings (SSSR count). The maximum absolute atomic E-state index is 6.34. The van der Waals surface area contributed by atoms with Gasteiger partial charge in [0.05, 0.1) is 18.7 Å². The normalized spacial score (nSPS) is 18.6. The second-order valence-electron chi connectivity index (χ2n) is 6.40. The lowest BCUT2D eigenvalue weighted by atomic mass is 10.1. The summed E-state index contributed by atoms with van der Waals surface area (Å²) < 4.78 is 9.09. The quantitative estimate of drug-likeness (QED) is 0.639. The van der Waals surface area contributed by atoms with Crippen LogP contribution in [0.4, 0.5) is 0 Å². The molecule has 0 aliphatic carbocycles. The van der Waals surface area contributed by atoms with Crippen LogP contribution in [-0.4, -0.2) is 27.5 Å². The van der Waals surface area contributed by atoms with E-state index in [1.807, 2.05) is 0 Å². The highest BCUT2D eigenvalue weighted by molar-refractivity contribution is 9.10. The number of hydrogen-bond acceptors (Lipinski definition) is 5. The zero-order valence-electron chi connectivity index (χ0n) is 14.5. The number of aromatic nitrogens is 3. The Morgan fingerprint density at radius 3 is 2.84 bits per heavy atom. The molecule has 2 N–H and O–H groups in total. The molecule has 1 aromatic heterocycles. The van der Waals surface area contributed by atoms with E-state index in [-0.39, 0.29) is 12.1 Å². The minimum atomic E-state index is -0.0686. The molecular weight excluding hydrogens is 400 g/mol. The Morgan fingerprint density at radius 2 is 2.16 bits per heavy atom. The van der Waals surface area contributed by atoms with Crippen molar-refractivity contribution < 1.29 is 4.74 Å². The van der Waals surface area contributed by atoms with Gasteiger partial charge >= 0.3 is 0 Å². The first-order valence-electron chi connectivity index (χ1n) is 8.85. The van der Waals surface area contributed by atoms with Crippen LogP contribution in [0.25, 0.3) is 0 Å². The zero-order chi connectivity index (χ0) is 17.6. The lowest BCUT2D eigenvalue weighted by Gasteiger charge is -2.17. The average Bonchev–Trinajstić information content (AvgIpc) is 3.25. The van der Waals surface area contributed by atoms with E-state index in [4.69, 9.17) is 10.5 Å². The van der Waals surface area contributed by atoms with Gasteiger partial charge < -0.3 is 15.0 Å². The number of nitrogens with two attached hydrogens (primary N) is 1. The summed E-state index contributed by atoms with van der Waals surface area (Å²) in [6.45, 7) is 3.79. The topological polar surface area (TPSA) is 66.0 Å². The van der Waals surface area contributed by atoms with Crippen LogP contribution in [0.1, 0.15) is 50.0 Å². The lowest BCUT2D eigenvalue weighted by Crippen LogP contribution is -2.22. The number of nitrogens with zero attached hydrogens (tertiary/aromatic N) is 3. The van der Waals surface area contributed by atoms with Crippen LogP contribution in [0.15, 0.2) is 33.9 Å². The third-order valence-corrected chi connectivity index (χ3v) is 5.93. The summed E-state index contributed by atoms with van der Waals surface area (Å²) in [7, 11) is 0. The fourth-order valence-corrected chi connectivity index (χ4v) is 4.19. The monoisotopic (exact) mass is 424 g/mol. The number of thioether (sulfide) groups is 1. The molecule has 1 saturated heterocycles. The molecule has 1 fully saturated rings. The third kappa shape index (κ3) is 5.06. The number of ether oxygens (including phenoxy) is 1. The molecule has 25 heavy (non-hydrogen) atoms. The first-order valence-corrected chi connectivity index (χ1v) is 10.6. The van der Waals surface area contributed by atoms with Gasteiger partial charge in [-0.1, -0.05) is 53.2 Å². The van der Waals surface area contributed by atoms with Gasteiger partial charge in [0, 0.05) is 16.8 Å².